The van der Waals surface area contributed by atoms with Gasteiger partial charge in [-0.3, -0.25) is 5.32 Å². The summed E-state index contributed by atoms with van der Waals surface area (Å²) in [5, 5.41) is 14.0. The van der Waals surface area contributed by atoms with Gasteiger partial charge in [-0.15, -0.1) is 0 Å². The largest absolute Gasteiger partial charge is 0.491 e. The van der Waals surface area contributed by atoms with E-state index in [1.165, 1.54) is 12.8 Å². The van der Waals surface area contributed by atoms with Crippen LogP contribution >= 0.6 is 0 Å². The molecule has 192 valence electrons. The second-order valence-corrected chi connectivity index (χ2v) is 10.5. The fraction of sp³-hybridized carbons (Fsp3) is 0.467. The van der Waals surface area contributed by atoms with Gasteiger partial charge in [-0.05, 0) is 80.7 Å². The monoisotopic (exact) mass is 499 g/mol. The molecule has 1 amide bonds. The molecule has 2 aliphatic carbocycles. The molecule has 2 aromatic carbocycles. The lowest BCUT2D eigenvalue weighted by molar-refractivity contribution is 0.0680. The maximum Gasteiger partial charge on any atom is 0.411 e. The fourth-order valence-corrected chi connectivity index (χ4v) is 5.48. The van der Waals surface area contributed by atoms with Crippen molar-refractivity contribution >= 4 is 22.7 Å². The summed E-state index contributed by atoms with van der Waals surface area (Å²) in [6.45, 7) is 1.84. The van der Waals surface area contributed by atoms with Crippen molar-refractivity contribution < 1.29 is 19.0 Å². The van der Waals surface area contributed by atoms with Gasteiger partial charge in [-0.25, -0.2) is 4.79 Å². The first-order chi connectivity index (χ1) is 18.2. The molecule has 7 heteroatoms. The fourth-order valence-electron chi connectivity index (χ4n) is 5.48. The lowest BCUT2D eigenvalue weighted by Crippen LogP contribution is -2.22. The Balaban J connectivity index is 1.27. The summed E-state index contributed by atoms with van der Waals surface area (Å²) in [4.78, 5) is 12.2. The molecule has 0 radical (unpaired) electrons. The number of nitrogens with zero attached hydrogens (tertiary/aromatic N) is 2. The van der Waals surface area contributed by atoms with E-state index in [0.29, 0.717) is 36.4 Å². The second-order valence-electron chi connectivity index (χ2n) is 10.5. The van der Waals surface area contributed by atoms with Crippen LogP contribution in [0.5, 0.6) is 5.75 Å². The molecule has 0 bridgehead atoms. The first-order valence-corrected chi connectivity index (χ1v) is 13.6. The number of fused-ring (bicyclic) bond motifs is 1. The van der Waals surface area contributed by atoms with Crippen molar-refractivity contribution in [2.24, 2.45) is 5.92 Å². The maximum absolute atomic E-state index is 12.2. The molecule has 1 aliphatic heterocycles. The van der Waals surface area contributed by atoms with E-state index in [1.807, 2.05) is 36.4 Å². The molecule has 37 heavy (non-hydrogen) atoms. The number of aromatic nitrogens is 1. The first-order valence-electron chi connectivity index (χ1n) is 13.6. The molecule has 1 aromatic heterocycles. The molecule has 3 aromatic rings. The summed E-state index contributed by atoms with van der Waals surface area (Å²) < 4.78 is 19.5. The Labute approximate surface area is 217 Å². The topological polar surface area (TPSA) is 85.5 Å². The molecule has 6 rings (SSSR count). The summed E-state index contributed by atoms with van der Waals surface area (Å²) in [5.74, 6) is 1.31. The lowest BCUT2D eigenvalue weighted by Gasteiger charge is -2.30. The standard InChI is InChI=1S/C30H33N3O4/c31-17-27-26-14-13-24(36-19-25-8-3-15-35-25)16-28(26)33(23-6-2-7-23)29(27)21-9-11-22(12-10-21)32-30(34)37-18-20-4-1-5-20/h9-14,16,20,23,25H,1-8,15,18-19H2,(H,32,34). The van der Waals surface area contributed by atoms with Crippen LogP contribution in [0.15, 0.2) is 42.5 Å². The third-order valence-electron chi connectivity index (χ3n) is 8.07. The van der Waals surface area contributed by atoms with E-state index in [1.54, 1.807) is 0 Å². The van der Waals surface area contributed by atoms with Gasteiger partial charge >= 0.3 is 6.09 Å². The summed E-state index contributed by atoms with van der Waals surface area (Å²) in [6.07, 6.45) is 8.73. The number of nitrogens with one attached hydrogen (secondary N) is 1. The van der Waals surface area contributed by atoms with E-state index < -0.39 is 6.09 Å². The number of amides is 1. The van der Waals surface area contributed by atoms with E-state index in [4.69, 9.17) is 14.2 Å². The number of carbonyl (C=O) groups is 1. The highest BCUT2D eigenvalue weighted by Gasteiger charge is 2.28. The molecule has 3 fully saturated rings. The predicted molar refractivity (Wildman–Crippen MR) is 142 cm³/mol. The highest BCUT2D eigenvalue weighted by molar-refractivity contribution is 5.96. The Bertz CT molecular complexity index is 1310. The van der Waals surface area contributed by atoms with Gasteiger partial charge in [0, 0.05) is 29.8 Å². The summed E-state index contributed by atoms with van der Waals surface area (Å²) in [6, 6.07) is 16.5. The minimum Gasteiger partial charge on any atom is -0.491 e. The average Bonchev–Trinajstić information content (AvgIpc) is 3.47. The lowest BCUT2D eigenvalue weighted by atomic mass is 9.86. The van der Waals surface area contributed by atoms with Crippen LogP contribution in [0.4, 0.5) is 10.5 Å². The van der Waals surface area contributed by atoms with Crippen LogP contribution in [0.2, 0.25) is 0 Å². The van der Waals surface area contributed by atoms with Crippen molar-refractivity contribution in [2.75, 3.05) is 25.1 Å². The molecule has 3 aliphatic rings. The molecule has 1 N–H and O–H groups in total. The van der Waals surface area contributed by atoms with E-state index in [0.717, 1.165) is 73.0 Å². The van der Waals surface area contributed by atoms with Crippen molar-refractivity contribution in [1.29, 1.82) is 5.26 Å². The zero-order valence-electron chi connectivity index (χ0n) is 21.1. The molecule has 7 nitrogen and oxygen atoms in total. The van der Waals surface area contributed by atoms with Crippen molar-refractivity contribution in [3.05, 3.63) is 48.0 Å². The Morgan fingerprint density at radius 3 is 2.49 bits per heavy atom. The minimum atomic E-state index is -0.420. The SMILES string of the molecule is N#Cc1c(-c2ccc(NC(=O)OCC3CCC3)cc2)n(C2CCC2)c2cc(OCC3CCCO3)ccc12. The van der Waals surface area contributed by atoms with Crippen LogP contribution in [-0.4, -0.2) is 36.6 Å². The van der Waals surface area contributed by atoms with Crippen LogP contribution < -0.4 is 10.1 Å². The molecular weight excluding hydrogens is 466 g/mol. The maximum atomic E-state index is 12.2. The third-order valence-corrected chi connectivity index (χ3v) is 8.07. The molecule has 1 atom stereocenters. The summed E-state index contributed by atoms with van der Waals surface area (Å²) in [7, 11) is 0. The normalized spacial score (nSPS) is 19.7. The summed E-state index contributed by atoms with van der Waals surface area (Å²) >= 11 is 0. The number of carbonyl (C=O) groups excluding carboxylic acids is 1. The molecule has 0 spiro atoms. The van der Waals surface area contributed by atoms with E-state index in [2.05, 4.69) is 22.0 Å². The number of nitriles is 1. The van der Waals surface area contributed by atoms with Gasteiger partial charge in [-0.2, -0.15) is 5.26 Å². The second kappa shape index (κ2) is 10.5. The number of hydrogen-bond donors (Lipinski definition) is 1. The summed E-state index contributed by atoms with van der Waals surface area (Å²) in [5.41, 5.74) is 4.26. The zero-order valence-corrected chi connectivity index (χ0v) is 21.1. The molecule has 2 heterocycles. The van der Waals surface area contributed by atoms with Crippen LogP contribution in [0.1, 0.15) is 63.0 Å². The average molecular weight is 500 g/mol. The van der Waals surface area contributed by atoms with Crippen molar-refractivity contribution in [3.8, 4) is 23.1 Å². The van der Waals surface area contributed by atoms with Gasteiger partial charge in [-0.1, -0.05) is 18.6 Å². The molecular formula is C30H33N3O4. The van der Waals surface area contributed by atoms with Gasteiger partial charge < -0.3 is 18.8 Å². The number of hydrogen-bond acceptors (Lipinski definition) is 5. The molecule has 2 saturated carbocycles. The van der Waals surface area contributed by atoms with E-state index in [9.17, 15) is 10.1 Å². The highest BCUT2D eigenvalue weighted by Crippen LogP contribution is 2.43. The van der Waals surface area contributed by atoms with Gasteiger partial charge in [0.1, 0.15) is 18.4 Å². The van der Waals surface area contributed by atoms with Gasteiger partial charge in [0.15, 0.2) is 0 Å². The Morgan fingerprint density at radius 1 is 1.03 bits per heavy atom. The van der Waals surface area contributed by atoms with Crippen LogP contribution in [-0.2, 0) is 9.47 Å². The van der Waals surface area contributed by atoms with Gasteiger partial charge in [0.25, 0.3) is 0 Å². The van der Waals surface area contributed by atoms with Crippen molar-refractivity contribution in [2.45, 2.75) is 63.5 Å². The van der Waals surface area contributed by atoms with E-state index >= 15 is 0 Å². The smallest absolute Gasteiger partial charge is 0.411 e. The highest BCUT2D eigenvalue weighted by atomic mass is 16.5. The molecule has 1 unspecified atom stereocenters. The van der Waals surface area contributed by atoms with E-state index in [-0.39, 0.29) is 6.10 Å². The first kappa shape index (κ1) is 23.9. The van der Waals surface area contributed by atoms with Crippen molar-refractivity contribution in [3.63, 3.8) is 0 Å². The Morgan fingerprint density at radius 2 is 1.84 bits per heavy atom. The van der Waals surface area contributed by atoms with Crippen molar-refractivity contribution in [1.82, 2.24) is 4.57 Å². The molecule has 1 saturated heterocycles. The number of anilines is 1. The Hall–Kier alpha value is -3.50. The van der Waals surface area contributed by atoms with Gasteiger partial charge in [0.2, 0.25) is 0 Å². The predicted octanol–water partition coefficient (Wildman–Crippen LogP) is 6.81. The quantitative estimate of drug-likeness (QED) is 0.368. The van der Waals surface area contributed by atoms with Crippen LogP contribution in [0, 0.1) is 17.2 Å². The minimum absolute atomic E-state index is 0.155. The third kappa shape index (κ3) is 4.91. The van der Waals surface area contributed by atoms with Crippen LogP contribution in [0.3, 0.4) is 0 Å². The number of ether oxygens (including phenoxy) is 3. The Kier molecular flexibility index (Phi) is 6.75. The number of rotatable bonds is 8. The van der Waals surface area contributed by atoms with Crippen LogP contribution in [0.25, 0.3) is 22.2 Å². The zero-order chi connectivity index (χ0) is 25.2. The van der Waals surface area contributed by atoms with Gasteiger partial charge in [0.05, 0.1) is 29.5 Å². The number of benzene rings is 2.